The smallest absolute Gasteiger partial charge is 0.255 e. The minimum absolute atomic E-state index is 0.0206. The molecule has 0 radical (unpaired) electrons. The lowest BCUT2D eigenvalue weighted by Crippen LogP contribution is -2.35. The average Bonchev–Trinajstić information content (AvgIpc) is 3.08. The summed E-state index contributed by atoms with van der Waals surface area (Å²) in [7, 11) is 0. The van der Waals surface area contributed by atoms with Crippen molar-refractivity contribution >= 4 is 29.1 Å². The third kappa shape index (κ3) is 4.28. The van der Waals surface area contributed by atoms with Gasteiger partial charge in [0, 0.05) is 31.2 Å². The molecule has 24 heavy (non-hydrogen) atoms. The van der Waals surface area contributed by atoms with Crippen LogP contribution in [0, 0.1) is 0 Å². The Morgan fingerprint density at radius 3 is 2.67 bits per heavy atom. The second-order valence-electron chi connectivity index (χ2n) is 6.59. The van der Waals surface area contributed by atoms with Crippen LogP contribution in [0.15, 0.2) is 18.2 Å². The van der Waals surface area contributed by atoms with Crippen LogP contribution in [-0.2, 0) is 4.79 Å². The highest BCUT2D eigenvalue weighted by molar-refractivity contribution is 6.34. The minimum Gasteiger partial charge on any atom is -0.339 e. The van der Waals surface area contributed by atoms with E-state index in [9.17, 15) is 9.59 Å². The highest BCUT2D eigenvalue weighted by atomic mass is 35.5. The van der Waals surface area contributed by atoms with Crippen LogP contribution in [0.4, 0.5) is 5.69 Å². The van der Waals surface area contributed by atoms with Crippen LogP contribution in [0.3, 0.4) is 0 Å². The topological polar surface area (TPSA) is 61.4 Å². The maximum atomic E-state index is 12.5. The minimum atomic E-state index is -0.0272. The largest absolute Gasteiger partial charge is 0.339 e. The van der Waals surface area contributed by atoms with Gasteiger partial charge in [-0.1, -0.05) is 11.6 Å². The second-order valence-corrected chi connectivity index (χ2v) is 7.00. The van der Waals surface area contributed by atoms with Crippen molar-refractivity contribution in [1.29, 1.82) is 0 Å². The summed E-state index contributed by atoms with van der Waals surface area (Å²) in [6.45, 7) is 2.57. The van der Waals surface area contributed by atoms with E-state index in [1.807, 2.05) is 4.90 Å². The number of nitrogens with zero attached hydrogens (tertiary/aromatic N) is 1. The fourth-order valence-corrected chi connectivity index (χ4v) is 3.66. The van der Waals surface area contributed by atoms with E-state index >= 15 is 0 Å². The molecule has 1 aromatic carbocycles. The van der Waals surface area contributed by atoms with Gasteiger partial charge in [-0.05, 0) is 56.8 Å². The van der Waals surface area contributed by atoms with E-state index in [-0.39, 0.29) is 17.9 Å². The summed E-state index contributed by atoms with van der Waals surface area (Å²) in [4.78, 5) is 26.5. The van der Waals surface area contributed by atoms with Crippen LogP contribution in [-0.4, -0.2) is 42.4 Å². The van der Waals surface area contributed by atoms with E-state index < -0.39 is 0 Å². The number of piperidine rings is 1. The van der Waals surface area contributed by atoms with Crippen LogP contribution in [0.5, 0.6) is 0 Å². The first-order valence-corrected chi connectivity index (χ1v) is 9.13. The molecule has 2 amide bonds. The molecule has 0 saturated carbocycles. The van der Waals surface area contributed by atoms with Gasteiger partial charge in [-0.15, -0.1) is 0 Å². The summed E-state index contributed by atoms with van der Waals surface area (Å²) >= 11 is 6.29. The first-order chi connectivity index (χ1) is 11.6. The van der Waals surface area contributed by atoms with Crippen LogP contribution >= 0.6 is 11.6 Å². The third-order valence-electron chi connectivity index (χ3n) is 4.72. The molecule has 2 aliphatic rings. The molecular formula is C18H24ClN3O2. The van der Waals surface area contributed by atoms with E-state index in [1.54, 1.807) is 18.2 Å². The molecule has 2 fully saturated rings. The van der Waals surface area contributed by atoms with Gasteiger partial charge >= 0.3 is 0 Å². The summed E-state index contributed by atoms with van der Waals surface area (Å²) in [6.07, 6.45) is 5.90. The first kappa shape index (κ1) is 17.2. The third-order valence-corrected chi connectivity index (χ3v) is 5.03. The molecule has 0 bridgehead atoms. The van der Waals surface area contributed by atoms with Gasteiger partial charge in [0.1, 0.15) is 0 Å². The standard InChI is InChI=1S/C18H24ClN3O2/c19-16-11-14(21-17(23)12-13-5-4-8-20-13)6-7-15(16)18(24)22-9-2-1-3-10-22/h6-7,11,13,20H,1-5,8-10,12H2,(H,21,23). The molecule has 1 atom stereocenters. The van der Waals surface area contributed by atoms with Gasteiger partial charge in [-0.3, -0.25) is 9.59 Å². The van der Waals surface area contributed by atoms with Gasteiger partial charge < -0.3 is 15.5 Å². The zero-order valence-corrected chi connectivity index (χ0v) is 14.6. The second kappa shape index (κ2) is 7.99. The Hall–Kier alpha value is -1.59. The molecule has 2 saturated heterocycles. The maximum Gasteiger partial charge on any atom is 0.255 e. The molecule has 1 aromatic rings. The number of hydrogen-bond donors (Lipinski definition) is 2. The maximum absolute atomic E-state index is 12.5. The summed E-state index contributed by atoms with van der Waals surface area (Å²) in [5.74, 6) is -0.0479. The Morgan fingerprint density at radius 1 is 1.21 bits per heavy atom. The molecule has 0 aromatic heterocycles. The van der Waals surface area contributed by atoms with Crippen LogP contribution < -0.4 is 10.6 Å². The van der Waals surface area contributed by atoms with Crippen molar-refractivity contribution in [2.75, 3.05) is 25.0 Å². The number of carbonyl (C=O) groups is 2. The van der Waals surface area contributed by atoms with Crippen LogP contribution in [0.2, 0.25) is 5.02 Å². The predicted molar refractivity (Wildman–Crippen MR) is 95.5 cm³/mol. The fraction of sp³-hybridized carbons (Fsp3) is 0.556. The zero-order chi connectivity index (χ0) is 16.9. The highest BCUT2D eigenvalue weighted by Crippen LogP contribution is 2.24. The number of hydrogen-bond acceptors (Lipinski definition) is 3. The van der Waals surface area contributed by atoms with Crippen LogP contribution in [0.1, 0.15) is 48.9 Å². The van der Waals surface area contributed by atoms with Gasteiger partial charge in [0.15, 0.2) is 0 Å². The van der Waals surface area contributed by atoms with Crippen LogP contribution in [0.25, 0.3) is 0 Å². The molecule has 2 aliphatic heterocycles. The summed E-state index contributed by atoms with van der Waals surface area (Å²) in [6, 6.07) is 5.39. The number of carbonyl (C=O) groups excluding carboxylic acids is 2. The summed E-state index contributed by atoms with van der Waals surface area (Å²) < 4.78 is 0. The lowest BCUT2D eigenvalue weighted by atomic mass is 10.1. The van der Waals surface area contributed by atoms with E-state index in [2.05, 4.69) is 10.6 Å². The van der Waals surface area contributed by atoms with Gasteiger partial charge in [-0.25, -0.2) is 0 Å². The van der Waals surface area contributed by atoms with E-state index in [1.165, 1.54) is 6.42 Å². The normalized spacial score (nSPS) is 20.9. The number of halogens is 1. The zero-order valence-electron chi connectivity index (χ0n) is 13.8. The van der Waals surface area contributed by atoms with Crippen molar-refractivity contribution in [2.24, 2.45) is 0 Å². The Balaban J connectivity index is 1.61. The van der Waals surface area contributed by atoms with Gasteiger partial charge in [0.05, 0.1) is 10.6 Å². The molecule has 0 spiro atoms. The molecule has 6 heteroatoms. The van der Waals surface area contributed by atoms with E-state index in [4.69, 9.17) is 11.6 Å². The molecular weight excluding hydrogens is 326 g/mol. The van der Waals surface area contributed by atoms with Crippen molar-refractivity contribution < 1.29 is 9.59 Å². The molecule has 130 valence electrons. The lowest BCUT2D eigenvalue weighted by Gasteiger charge is -2.27. The average molecular weight is 350 g/mol. The number of anilines is 1. The summed E-state index contributed by atoms with van der Waals surface area (Å²) in [5, 5.41) is 6.57. The lowest BCUT2D eigenvalue weighted by molar-refractivity contribution is -0.116. The molecule has 2 N–H and O–H groups in total. The Labute approximate surface area is 147 Å². The van der Waals surface area contributed by atoms with E-state index in [0.29, 0.717) is 22.7 Å². The SMILES string of the molecule is O=C(CC1CCCN1)Nc1ccc(C(=O)N2CCCCC2)c(Cl)c1. The molecule has 2 heterocycles. The van der Waals surface area contributed by atoms with Crippen molar-refractivity contribution in [3.8, 4) is 0 Å². The van der Waals surface area contributed by atoms with Gasteiger partial charge in [0.2, 0.25) is 5.91 Å². The molecule has 0 aliphatic carbocycles. The van der Waals surface area contributed by atoms with Gasteiger partial charge in [0.25, 0.3) is 5.91 Å². The number of nitrogens with one attached hydrogen (secondary N) is 2. The number of rotatable bonds is 4. The Morgan fingerprint density at radius 2 is 2.00 bits per heavy atom. The number of benzene rings is 1. The first-order valence-electron chi connectivity index (χ1n) is 8.75. The Kier molecular flexibility index (Phi) is 5.74. The summed E-state index contributed by atoms with van der Waals surface area (Å²) in [5.41, 5.74) is 1.15. The molecule has 5 nitrogen and oxygen atoms in total. The quantitative estimate of drug-likeness (QED) is 0.878. The molecule has 3 rings (SSSR count). The molecule has 1 unspecified atom stereocenters. The highest BCUT2D eigenvalue weighted by Gasteiger charge is 2.21. The monoisotopic (exact) mass is 349 g/mol. The van der Waals surface area contributed by atoms with Crippen molar-refractivity contribution in [2.45, 2.75) is 44.6 Å². The van der Waals surface area contributed by atoms with Crippen molar-refractivity contribution in [3.63, 3.8) is 0 Å². The Bertz CT molecular complexity index is 608. The fourth-order valence-electron chi connectivity index (χ4n) is 3.40. The van der Waals surface area contributed by atoms with Gasteiger partial charge in [-0.2, -0.15) is 0 Å². The van der Waals surface area contributed by atoms with E-state index in [0.717, 1.165) is 45.3 Å². The number of likely N-dealkylation sites (tertiary alicyclic amines) is 1. The predicted octanol–water partition coefficient (Wildman–Crippen LogP) is 3.05. The van der Waals surface area contributed by atoms with Crippen molar-refractivity contribution in [1.82, 2.24) is 10.2 Å². The van der Waals surface area contributed by atoms with Crippen molar-refractivity contribution in [3.05, 3.63) is 28.8 Å². The number of amides is 2.